The molecular weight excluding hydrogens is 276 g/mol. The van der Waals surface area contributed by atoms with Crippen molar-refractivity contribution < 1.29 is 4.42 Å². The Kier molecular flexibility index (Phi) is 4.34. The predicted molar refractivity (Wildman–Crippen MR) is 87.5 cm³/mol. The van der Waals surface area contributed by atoms with Crippen molar-refractivity contribution in [2.75, 3.05) is 6.54 Å². The predicted octanol–water partition coefficient (Wildman–Crippen LogP) is 2.47. The van der Waals surface area contributed by atoms with Gasteiger partial charge in [-0.05, 0) is 24.3 Å². The molecule has 2 aromatic heterocycles. The standard InChI is InChI=1S/C17H18N4O/c18-17(20-10-8-14-6-3-4-9-19-14)21-12-15-11-13-5-1-2-7-16(13)22-15/h1-7,9,11H,8,10,12H2,(H3,18,20,21). The van der Waals surface area contributed by atoms with Crippen LogP contribution in [0.15, 0.2) is 64.1 Å². The maximum absolute atomic E-state index is 5.86. The number of hydrogen-bond donors (Lipinski definition) is 2. The van der Waals surface area contributed by atoms with Gasteiger partial charge in [0.2, 0.25) is 0 Å². The van der Waals surface area contributed by atoms with Crippen molar-refractivity contribution >= 4 is 16.9 Å². The van der Waals surface area contributed by atoms with E-state index in [9.17, 15) is 0 Å². The minimum Gasteiger partial charge on any atom is -0.459 e. The number of nitrogens with zero attached hydrogens (tertiary/aromatic N) is 2. The third-order valence-corrected chi connectivity index (χ3v) is 3.30. The van der Waals surface area contributed by atoms with Gasteiger partial charge in [-0.3, -0.25) is 4.98 Å². The molecule has 0 aliphatic rings. The zero-order valence-electron chi connectivity index (χ0n) is 12.2. The molecule has 0 saturated carbocycles. The first-order valence-corrected chi connectivity index (χ1v) is 7.22. The highest BCUT2D eigenvalue weighted by molar-refractivity contribution is 5.79. The van der Waals surface area contributed by atoms with Gasteiger partial charge in [-0.15, -0.1) is 0 Å². The number of nitrogens with one attached hydrogen (secondary N) is 1. The van der Waals surface area contributed by atoms with Gasteiger partial charge in [-0.2, -0.15) is 0 Å². The molecule has 0 amide bonds. The van der Waals surface area contributed by atoms with Crippen LogP contribution in [-0.2, 0) is 13.0 Å². The Morgan fingerprint density at radius 1 is 1.18 bits per heavy atom. The Labute approximate surface area is 128 Å². The van der Waals surface area contributed by atoms with Gasteiger partial charge in [0.25, 0.3) is 0 Å². The number of nitrogens with two attached hydrogens (primary N) is 1. The molecule has 0 bridgehead atoms. The molecule has 0 spiro atoms. The number of rotatable bonds is 5. The molecule has 22 heavy (non-hydrogen) atoms. The van der Waals surface area contributed by atoms with Crippen molar-refractivity contribution in [3.63, 3.8) is 0 Å². The molecule has 0 saturated heterocycles. The van der Waals surface area contributed by atoms with Crippen molar-refractivity contribution in [3.05, 3.63) is 66.2 Å². The van der Waals surface area contributed by atoms with E-state index in [0.29, 0.717) is 19.0 Å². The molecule has 0 aliphatic carbocycles. The van der Waals surface area contributed by atoms with Crippen molar-refractivity contribution in [2.45, 2.75) is 13.0 Å². The largest absolute Gasteiger partial charge is 0.459 e. The summed E-state index contributed by atoms with van der Waals surface area (Å²) in [7, 11) is 0. The SMILES string of the molecule is NC(=NCc1cc2ccccc2o1)NCCc1ccccn1. The molecule has 5 heteroatoms. The van der Waals surface area contributed by atoms with Crippen molar-refractivity contribution in [1.82, 2.24) is 10.3 Å². The van der Waals surface area contributed by atoms with E-state index in [4.69, 9.17) is 10.2 Å². The lowest BCUT2D eigenvalue weighted by Gasteiger charge is -2.04. The molecule has 1 aromatic carbocycles. The van der Waals surface area contributed by atoms with Crippen LogP contribution in [0.25, 0.3) is 11.0 Å². The molecule has 0 radical (unpaired) electrons. The number of benzene rings is 1. The monoisotopic (exact) mass is 294 g/mol. The van der Waals surface area contributed by atoms with Crippen LogP contribution >= 0.6 is 0 Å². The molecule has 3 rings (SSSR count). The van der Waals surface area contributed by atoms with Crippen LogP contribution in [0.5, 0.6) is 0 Å². The number of guanidine groups is 1. The smallest absolute Gasteiger partial charge is 0.189 e. The number of aliphatic imine (C=N–C) groups is 1. The van der Waals surface area contributed by atoms with E-state index < -0.39 is 0 Å². The maximum Gasteiger partial charge on any atom is 0.189 e. The fraction of sp³-hybridized carbons (Fsp3) is 0.176. The minimum absolute atomic E-state index is 0.413. The highest BCUT2D eigenvalue weighted by Crippen LogP contribution is 2.19. The van der Waals surface area contributed by atoms with Gasteiger partial charge in [0.15, 0.2) is 5.96 Å². The van der Waals surface area contributed by atoms with Crippen LogP contribution in [0.1, 0.15) is 11.5 Å². The summed E-state index contributed by atoms with van der Waals surface area (Å²) < 4.78 is 5.69. The maximum atomic E-state index is 5.86. The average Bonchev–Trinajstić information content (AvgIpc) is 2.97. The molecule has 3 aromatic rings. The first kappa shape index (κ1) is 14.1. The molecule has 5 nitrogen and oxygen atoms in total. The fourth-order valence-corrected chi connectivity index (χ4v) is 2.20. The van der Waals surface area contributed by atoms with E-state index >= 15 is 0 Å². The second-order valence-electron chi connectivity index (χ2n) is 4.95. The molecule has 3 N–H and O–H groups in total. The summed E-state index contributed by atoms with van der Waals surface area (Å²) in [6.07, 6.45) is 2.59. The Hall–Kier alpha value is -2.82. The van der Waals surface area contributed by atoms with E-state index in [0.717, 1.165) is 28.8 Å². The minimum atomic E-state index is 0.413. The molecule has 0 fully saturated rings. The van der Waals surface area contributed by atoms with E-state index in [-0.39, 0.29) is 0 Å². The van der Waals surface area contributed by atoms with Gasteiger partial charge in [-0.1, -0.05) is 24.3 Å². The van der Waals surface area contributed by atoms with Gasteiger partial charge < -0.3 is 15.5 Å². The Bertz CT molecular complexity index is 731. The van der Waals surface area contributed by atoms with Gasteiger partial charge >= 0.3 is 0 Å². The van der Waals surface area contributed by atoms with E-state index in [1.54, 1.807) is 6.20 Å². The topological polar surface area (TPSA) is 76.4 Å². The third-order valence-electron chi connectivity index (χ3n) is 3.30. The van der Waals surface area contributed by atoms with Crippen molar-refractivity contribution in [1.29, 1.82) is 0 Å². The van der Waals surface area contributed by atoms with Crippen LogP contribution in [0.4, 0.5) is 0 Å². The number of fused-ring (bicyclic) bond motifs is 1. The number of hydrogen-bond acceptors (Lipinski definition) is 3. The third kappa shape index (κ3) is 3.63. The fourth-order valence-electron chi connectivity index (χ4n) is 2.20. The number of aromatic nitrogens is 1. The normalized spacial score (nSPS) is 11.7. The van der Waals surface area contributed by atoms with Crippen molar-refractivity contribution in [3.8, 4) is 0 Å². The lowest BCUT2D eigenvalue weighted by Crippen LogP contribution is -2.33. The van der Waals surface area contributed by atoms with Crippen LogP contribution in [-0.4, -0.2) is 17.5 Å². The average molecular weight is 294 g/mol. The zero-order chi connectivity index (χ0) is 15.2. The summed E-state index contributed by atoms with van der Waals surface area (Å²) >= 11 is 0. The molecule has 112 valence electrons. The van der Waals surface area contributed by atoms with Crippen LogP contribution in [0, 0.1) is 0 Å². The molecule has 0 aliphatic heterocycles. The Morgan fingerprint density at radius 2 is 2.05 bits per heavy atom. The van der Waals surface area contributed by atoms with Gasteiger partial charge in [0, 0.05) is 30.2 Å². The summed E-state index contributed by atoms with van der Waals surface area (Å²) in [5, 5.41) is 4.16. The first-order valence-electron chi connectivity index (χ1n) is 7.22. The van der Waals surface area contributed by atoms with Gasteiger partial charge in [0.05, 0.1) is 0 Å². The van der Waals surface area contributed by atoms with Gasteiger partial charge in [0.1, 0.15) is 17.9 Å². The quantitative estimate of drug-likeness (QED) is 0.560. The Morgan fingerprint density at radius 3 is 2.86 bits per heavy atom. The Balaban J connectivity index is 1.51. The van der Waals surface area contributed by atoms with Crippen LogP contribution in [0.3, 0.4) is 0 Å². The molecular formula is C17H18N4O. The summed E-state index contributed by atoms with van der Waals surface area (Å²) in [6.45, 7) is 1.13. The lowest BCUT2D eigenvalue weighted by molar-refractivity contribution is 0.552. The summed E-state index contributed by atoms with van der Waals surface area (Å²) in [5.74, 6) is 1.21. The number of para-hydroxylation sites is 1. The van der Waals surface area contributed by atoms with E-state index in [1.165, 1.54) is 0 Å². The summed E-state index contributed by atoms with van der Waals surface area (Å²) in [5.41, 5.74) is 7.75. The van der Waals surface area contributed by atoms with Crippen LogP contribution in [0.2, 0.25) is 0 Å². The highest BCUT2D eigenvalue weighted by Gasteiger charge is 2.02. The zero-order valence-corrected chi connectivity index (χ0v) is 12.2. The highest BCUT2D eigenvalue weighted by atomic mass is 16.3. The van der Waals surface area contributed by atoms with E-state index in [2.05, 4.69) is 15.3 Å². The summed E-state index contributed by atoms with van der Waals surface area (Å²) in [6, 6.07) is 15.7. The van der Waals surface area contributed by atoms with Gasteiger partial charge in [-0.25, -0.2) is 4.99 Å². The first-order chi connectivity index (χ1) is 10.8. The molecule has 2 heterocycles. The second kappa shape index (κ2) is 6.76. The number of furan rings is 1. The van der Waals surface area contributed by atoms with Crippen molar-refractivity contribution in [2.24, 2.45) is 10.7 Å². The van der Waals surface area contributed by atoms with Crippen LogP contribution < -0.4 is 11.1 Å². The second-order valence-corrected chi connectivity index (χ2v) is 4.95. The summed E-state index contributed by atoms with van der Waals surface area (Å²) in [4.78, 5) is 8.55. The lowest BCUT2D eigenvalue weighted by atomic mass is 10.2. The van der Waals surface area contributed by atoms with E-state index in [1.807, 2.05) is 48.5 Å². The number of pyridine rings is 1. The molecule has 0 atom stereocenters. The molecule has 0 unspecified atom stereocenters.